The lowest BCUT2D eigenvalue weighted by Gasteiger charge is -2.32. The van der Waals surface area contributed by atoms with Crippen molar-refractivity contribution < 1.29 is 4.74 Å². The van der Waals surface area contributed by atoms with Gasteiger partial charge < -0.3 is 10.5 Å². The van der Waals surface area contributed by atoms with Crippen LogP contribution in [0.25, 0.3) is 0 Å². The highest BCUT2D eigenvalue weighted by atomic mass is 35.5. The molecule has 20 heavy (non-hydrogen) atoms. The summed E-state index contributed by atoms with van der Waals surface area (Å²) in [6.45, 7) is 5.47. The normalized spacial score (nSPS) is 20.9. The van der Waals surface area contributed by atoms with Gasteiger partial charge in [0.2, 0.25) is 0 Å². The van der Waals surface area contributed by atoms with Crippen LogP contribution in [0.4, 0.5) is 5.69 Å². The minimum atomic E-state index is 0.243. The molecule has 0 radical (unpaired) electrons. The second kappa shape index (κ2) is 7.50. The van der Waals surface area contributed by atoms with Gasteiger partial charge in [-0.2, -0.15) is 0 Å². The van der Waals surface area contributed by atoms with Gasteiger partial charge in [-0.3, -0.25) is 4.90 Å². The van der Waals surface area contributed by atoms with Gasteiger partial charge in [0.1, 0.15) is 17.7 Å². The van der Waals surface area contributed by atoms with Gasteiger partial charge in [0.25, 0.3) is 0 Å². The van der Waals surface area contributed by atoms with E-state index >= 15 is 0 Å². The molecule has 1 fully saturated rings. The number of hydrogen-bond acceptors (Lipinski definition) is 3. The monoisotopic (exact) mass is 295 g/mol. The van der Waals surface area contributed by atoms with Crippen molar-refractivity contribution in [3.63, 3.8) is 0 Å². The van der Waals surface area contributed by atoms with E-state index in [0.29, 0.717) is 5.84 Å². The number of piperidine rings is 1. The molecule has 1 saturated heterocycles. The smallest absolute Gasteiger partial charge is 0.119 e. The van der Waals surface area contributed by atoms with Crippen molar-refractivity contribution in [3.8, 4) is 5.75 Å². The highest BCUT2D eigenvalue weighted by Crippen LogP contribution is 2.22. The molecular formula is C15H22ClN3O. The highest BCUT2D eigenvalue weighted by Gasteiger charge is 2.19. The third-order valence-electron chi connectivity index (χ3n) is 3.46. The molecule has 5 heteroatoms. The van der Waals surface area contributed by atoms with Gasteiger partial charge in [0, 0.05) is 6.54 Å². The molecule has 1 aliphatic rings. The molecular weight excluding hydrogens is 274 g/mol. The molecule has 1 aliphatic heterocycles. The molecule has 0 aromatic heterocycles. The molecule has 4 nitrogen and oxygen atoms in total. The summed E-state index contributed by atoms with van der Waals surface area (Å²) in [5.74, 6) is 1.55. The van der Waals surface area contributed by atoms with Crippen molar-refractivity contribution >= 4 is 23.1 Å². The van der Waals surface area contributed by atoms with Crippen molar-refractivity contribution in [1.82, 2.24) is 4.90 Å². The predicted molar refractivity (Wildman–Crippen MR) is 84.2 cm³/mol. The molecule has 1 atom stereocenters. The summed E-state index contributed by atoms with van der Waals surface area (Å²) in [5, 5.41) is 0. The summed E-state index contributed by atoms with van der Waals surface area (Å²) in [4.78, 5) is 6.61. The van der Waals surface area contributed by atoms with Gasteiger partial charge in [0.05, 0.1) is 11.6 Å². The van der Waals surface area contributed by atoms with E-state index in [0.717, 1.165) is 30.9 Å². The summed E-state index contributed by atoms with van der Waals surface area (Å²) < 4.78 is 6.03. The number of ether oxygens (including phenoxy) is 1. The topological polar surface area (TPSA) is 50.8 Å². The van der Waals surface area contributed by atoms with E-state index in [1.54, 1.807) is 0 Å². The Morgan fingerprint density at radius 2 is 2.20 bits per heavy atom. The van der Waals surface area contributed by atoms with Gasteiger partial charge >= 0.3 is 0 Å². The number of amidine groups is 1. The zero-order valence-electron chi connectivity index (χ0n) is 11.9. The summed E-state index contributed by atoms with van der Waals surface area (Å²) in [5.41, 5.74) is 6.40. The fourth-order valence-electron chi connectivity index (χ4n) is 2.38. The van der Waals surface area contributed by atoms with E-state index in [1.165, 1.54) is 13.0 Å². The van der Waals surface area contributed by atoms with Crippen LogP contribution < -0.4 is 10.5 Å². The standard InChI is InChI=1S/C15H22ClN3O/c1-2-19-9-3-4-14(11-19)20-13-7-5-12(6-8-13)18-15(17)10-16/h5-8,14H,2-4,9-11H2,1H3,(H2,17,18). The fraction of sp³-hybridized carbons (Fsp3) is 0.533. The maximum absolute atomic E-state index is 6.03. The molecule has 1 aromatic carbocycles. The summed E-state index contributed by atoms with van der Waals surface area (Å²) >= 11 is 5.60. The first-order chi connectivity index (χ1) is 9.71. The molecule has 1 aromatic rings. The molecule has 0 bridgehead atoms. The van der Waals surface area contributed by atoms with Gasteiger partial charge in [-0.1, -0.05) is 6.92 Å². The first kappa shape index (κ1) is 15.1. The van der Waals surface area contributed by atoms with Crippen molar-refractivity contribution in [3.05, 3.63) is 24.3 Å². The SMILES string of the molecule is CCN1CCCC(Oc2ccc(N=C(N)CCl)cc2)C1. The molecule has 1 heterocycles. The second-order valence-corrected chi connectivity index (χ2v) is 5.27. The van der Waals surface area contributed by atoms with Crippen molar-refractivity contribution in [2.75, 3.05) is 25.5 Å². The zero-order valence-corrected chi connectivity index (χ0v) is 12.6. The molecule has 110 valence electrons. The Morgan fingerprint density at radius 1 is 1.45 bits per heavy atom. The summed E-state index contributed by atoms with van der Waals surface area (Å²) in [6.07, 6.45) is 2.61. The molecule has 0 spiro atoms. The predicted octanol–water partition coefficient (Wildman–Crippen LogP) is 2.78. The van der Waals surface area contributed by atoms with Crippen LogP contribution in [0.5, 0.6) is 5.75 Å². The van der Waals surface area contributed by atoms with Gasteiger partial charge in [-0.05, 0) is 50.2 Å². The van der Waals surface area contributed by atoms with E-state index in [9.17, 15) is 0 Å². The third-order valence-corrected chi connectivity index (χ3v) is 3.73. The fourth-order valence-corrected chi connectivity index (χ4v) is 2.44. The largest absolute Gasteiger partial charge is 0.489 e. The average Bonchev–Trinajstić information content (AvgIpc) is 2.49. The number of rotatable bonds is 5. The van der Waals surface area contributed by atoms with Crippen LogP contribution in [-0.2, 0) is 0 Å². The number of nitrogens with zero attached hydrogens (tertiary/aromatic N) is 2. The molecule has 0 saturated carbocycles. The van der Waals surface area contributed by atoms with Crippen LogP contribution in [-0.4, -0.2) is 42.4 Å². The first-order valence-electron chi connectivity index (χ1n) is 7.09. The molecule has 0 aliphatic carbocycles. The molecule has 2 N–H and O–H groups in total. The van der Waals surface area contributed by atoms with E-state index in [1.807, 2.05) is 24.3 Å². The van der Waals surface area contributed by atoms with Crippen LogP contribution in [0.15, 0.2) is 29.3 Å². The second-order valence-electron chi connectivity index (χ2n) is 5.01. The lowest BCUT2D eigenvalue weighted by Crippen LogP contribution is -2.40. The minimum absolute atomic E-state index is 0.243. The number of likely N-dealkylation sites (N-methyl/N-ethyl adjacent to an activating group) is 1. The van der Waals surface area contributed by atoms with E-state index in [4.69, 9.17) is 22.1 Å². The highest BCUT2D eigenvalue weighted by molar-refractivity contribution is 6.28. The van der Waals surface area contributed by atoms with E-state index < -0.39 is 0 Å². The maximum atomic E-state index is 6.03. The Morgan fingerprint density at radius 3 is 2.85 bits per heavy atom. The van der Waals surface area contributed by atoms with Crippen LogP contribution in [0, 0.1) is 0 Å². The quantitative estimate of drug-likeness (QED) is 0.516. The molecule has 1 unspecified atom stereocenters. The summed E-state index contributed by atoms with van der Waals surface area (Å²) in [7, 11) is 0. The third kappa shape index (κ3) is 4.39. The number of aliphatic imine (C=N–C) groups is 1. The van der Waals surface area contributed by atoms with Gasteiger partial charge in [-0.25, -0.2) is 4.99 Å². The number of benzene rings is 1. The Labute approximate surface area is 125 Å². The van der Waals surface area contributed by atoms with Crippen LogP contribution >= 0.6 is 11.6 Å². The molecule has 0 amide bonds. The zero-order chi connectivity index (χ0) is 14.4. The Balaban J connectivity index is 1.93. The van der Waals surface area contributed by atoms with Crippen molar-refractivity contribution in [2.24, 2.45) is 10.7 Å². The number of likely N-dealkylation sites (tertiary alicyclic amines) is 1. The average molecular weight is 296 g/mol. The number of hydrogen-bond donors (Lipinski definition) is 1. The molecule has 2 rings (SSSR count). The lowest BCUT2D eigenvalue weighted by atomic mass is 10.1. The lowest BCUT2D eigenvalue weighted by molar-refractivity contribution is 0.0920. The minimum Gasteiger partial charge on any atom is -0.489 e. The first-order valence-corrected chi connectivity index (χ1v) is 7.62. The van der Waals surface area contributed by atoms with Gasteiger partial charge in [-0.15, -0.1) is 11.6 Å². The van der Waals surface area contributed by atoms with Crippen LogP contribution in [0.2, 0.25) is 0 Å². The van der Waals surface area contributed by atoms with Gasteiger partial charge in [0.15, 0.2) is 0 Å². The van der Waals surface area contributed by atoms with E-state index in [-0.39, 0.29) is 12.0 Å². The van der Waals surface area contributed by atoms with Crippen molar-refractivity contribution in [2.45, 2.75) is 25.9 Å². The number of alkyl halides is 1. The van der Waals surface area contributed by atoms with Crippen LogP contribution in [0.3, 0.4) is 0 Å². The summed E-state index contributed by atoms with van der Waals surface area (Å²) in [6, 6.07) is 7.67. The van der Waals surface area contributed by atoms with E-state index in [2.05, 4.69) is 16.8 Å². The number of halogens is 1. The Hall–Kier alpha value is -1.26. The van der Waals surface area contributed by atoms with Crippen molar-refractivity contribution in [1.29, 1.82) is 0 Å². The maximum Gasteiger partial charge on any atom is 0.119 e. The Bertz CT molecular complexity index is 447. The number of nitrogens with two attached hydrogens (primary N) is 1. The Kier molecular flexibility index (Phi) is 5.68. The van der Waals surface area contributed by atoms with Crippen LogP contribution in [0.1, 0.15) is 19.8 Å².